The Morgan fingerprint density at radius 1 is 0.786 bits per heavy atom. The number of nitrogens with one attached hydrogen (secondary N) is 3. The van der Waals surface area contributed by atoms with Gasteiger partial charge >= 0.3 is 0 Å². The van der Waals surface area contributed by atoms with Crippen molar-refractivity contribution in [2.75, 3.05) is 23.5 Å². The molecule has 0 bridgehead atoms. The van der Waals surface area contributed by atoms with Gasteiger partial charge in [-0.2, -0.15) is 0 Å². The van der Waals surface area contributed by atoms with E-state index in [1.807, 2.05) is 6.07 Å². The van der Waals surface area contributed by atoms with Crippen LogP contribution in [-0.4, -0.2) is 36.5 Å². The fourth-order valence-corrected chi connectivity index (χ4v) is 4.52. The average Bonchev–Trinajstić information content (AvgIpc) is 3.00. The van der Waals surface area contributed by atoms with Crippen LogP contribution in [0.15, 0.2) is 114 Å². The second-order valence-corrected chi connectivity index (χ2v) is 9.96. The molecule has 0 saturated heterocycles. The highest BCUT2D eigenvalue weighted by Crippen LogP contribution is 2.23. The van der Waals surface area contributed by atoms with E-state index in [1.54, 1.807) is 98.1 Å². The lowest BCUT2D eigenvalue weighted by Crippen LogP contribution is -2.30. The number of nitrogens with two attached hydrogens (primary N) is 1. The summed E-state index contributed by atoms with van der Waals surface area (Å²) in [5.74, 6) is -1.02. The number of rotatable bonds is 11. The molecular formula is C32H28N4O5S. The maximum atomic E-state index is 13.4. The van der Waals surface area contributed by atoms with E-state index in [9.17, 15) is 19.2 Å². The summed E-state index contributed by atoms with van der Waals surface area (Å²) in [6.07, 6.45) is 1.57. The highest BCUT2D eigenvalue weighted by molar-refractivity contribution is 8.00. The van der Waals surface area contributed by atoms with E-state index >= 15 is 0 Å². The molecule has 10 heteroatoms. The molecule has 0 radical (unpaired) electrons. The minimum atomic E-state index is -0.545. The standard InChI is InChI=1S/C32H28N4O5S/c1-41-26-11-5-7-21(17-26)18-28(36-31(39)23-8-3-2-4-9-23)32(40)35-25-10-6-12-27(19-25)42-20-29(37)34-24-15-13-22(14-16-24)30(33)38/h2-19H,20H2,1H3,(H2,33,38)(H,34,37)(H,35,40)(H,36,39)/b28-18-. The quantitative estimate of drug-likeness (QED) is 0.146. The number of primary amides is 1. The fourth-order valence-electron chi connectivity index (χ4n) is 3.77. The van der Waals surface area contributed by atoms with Crippen molar-refractivity contribution in [1.82, 2.24) is 5.32 Å². The summed E-state index contributed by atoms with van der Waals surface area (Å²) < 4.78 is 5.28. The zero-order valence-corrected chi connectivity index (χ0v) is 23.4. The van der Waals surface area contributed by atoms with Crippen molar-refractivity contribution in [2.45, 2.75) is 4.90 Å². The number of amides is 4. The summed E-state index contributed by atoms with van der Waals surface area (Å²) in [5.41, 5.74) is 7.72. The van der Waals surface area contributed by atoms with E-state index in [2.05, 4.69) is 16.0 Å². The Morgan fingerprint density at radius 3 is 2.24 bits per heavy atom. The first-order valence-electron chi connectivity index (χ1n) is 12.8. The predicted octanol–water partition coefficient (Wildman–Crippen LogP) is 4.93. The molecule has 4 amide bonds. The van der Waals surface area contributed by atoms with Gasteiger partial charge in [0.05, 0.1) is 12.9 Å². The van der Waals surface area contributed by atoms with E-state index in [1.165, 1.54) is 23.9 Å². The van der Waals surface area contributed by atoms with Crippen molar-refractivity contribution >= 4 is 52.8 Å². The van der Waals surface area contributed by atoms with Gasteiger partial charge in [-0.05, 0) is 78.4 Å². The fraction of sp³-hybridized carbons (Fsp3) is 0.0625. The molecule has 4 aromatic rings. The monoisotopic (exact) mass is 580 g/mol. The first kappa shape index (κ1) is 29.6. The minimum absolute atomic E-state index is 0.0388. The Hall–Kier alpha value is -5.35. The van der Waals surface area contributed by atoms with Crippen molar-refractivity contribution in [3.05, 3.63) is 126 Å². The zero-order chi connectivity index (χ0) is 29.9. The first-order chi connectivity index (χ1) is 20.3. The van der Waals surface area contributed by atoms with E-state index in [0.29, 0.717) is 33.8 Å². The van der Waals surface area contributed by atoms with Gasteiger partial charge < -0.3 is 26.4 Å². The van der Waals surface area contributed by atoms with Crippen LogP contribution < -0.4 is 26.4 Å². The van der Waals surface area contributed by atoms with Crippen molar-refractivity contribution in [3.63, 3.8) is 0 Å². The molecule has 5 N–H and O–H groups in total. The lowest BCUT2D eigenvalue weighted by atomic mass is 10.1. The molecule has 0 saturated carbocycles. The molecule has 4 rings (SSSR count). The lowest BCUT2D eigenvalue weighted by Gasteiger charge is -2.12. The Morgan fingerprint density at radius 2 is 1.52 bits per heavy atom. The van der Waals surface area contributed by atoms with Crippen LogP contribution in [0.25, 0.3) is 6.08 Å². The molecule has 4 aromatic carbocycles. The van der Waals surface area contributed by atoms with Gasteiger partial charge in [0.1, 0.15) is 11.4 Å². The SMILES string of the molecule is COc1cccc(/C=C(\NC(=O)c2ccccc2)C(=O)Nc2cccc(SCC(=O)Nc3ccc(C(N)=O)cc3)c2)c1. The summed E-state index contributed by atoms with van der Waals surface area (Å²) in [5, 5.41) is 8.30. The zero-order valence-electron chi connectivity index (χ0n) is 22.6. The average molecular weight is 581 g/mol. The van der Waals surface area contributed by atoms with Crippen LogP contribution in [0.3, 0.4) is 0 Å². The van der Waals surface area contributed by atoms with Crippen LogP contribution in [0.1, 0.15) is 26.3 Å². The Bertz CT molecular complexity index is 1620. The molecule has 212 valence electrons. The number of methoxy groups -OCH3 is 1. The van der Waals surface area contributed by atoms with Crippen molar-refractivity contribution in [3.8, 4) is 5.75 Å². The van der Waals surface area contributed by atoms with Crippen LogP contribution in [0.4, 0.5) is 11.4 Å². The first-order valence-corrected chi connectivity index (χ1v) is 13.8. The summed E-state index contributed by atoms with van der Waals surface area (Å²) in [6.45, 7) is 0. The molecule has 0 atom stereocenters. The van der Waals surface area contributed by atoms with E-state index in [0.717, 1.165) is 4.90 Å². The normalized spacial score (nSPS) is 10.8. The topological polar surface area (TPSA) is 140 Å². The summed E-state index contributed by atoms with van der Waals surface area (Å²) in [6, 6.07) is 29.0. The van der Waals surface area contributed by atoms with E-state index in [4.69, 9.17) is 10.5 Å². The van der Waals surface area contributed by atoms with Crippen LogP contribution in [0, 0.1) is 0 Å². The molecule has 0 heterocycles. The second-order valence-electron chi connectivity index (χ2n) is 8.92. The summed E-state index contributed by atoms with van der Waals surface area (Å²) >= 11 is 1.28. The molecule has 0 unspecified atom stereocenters. The molecule has 0 spiro atoms. The lowest BCUT2D eigenvalue weighted by molar-refractivity contribution is -0.114. The number of carbonyl (C=O) groups is 4. The Kier molecular flexibility index (Phi) is 10.1. The van der Waals surface area contributed by atoms with Gasteiger partial charge in [0.15, 0.2) is 0 Å². The number of benzene rings is 4. The maximum Gasteiger partial charge on any atom is 0.272 e. The van der Waals surface area contributed by atoms with Gasteiger partial charge in [-0.25, -0.2) is 0 Å². The minimum Gasteiger partial charge on any atom is -0.497 e. The largest absolute Gasteiger partial charge is 0.497 e. The second kappa shape index (κ2) is 14.3. The maximum absolute atomic E-state index is 13.4. The van der Waals surface area contributed by atoms with Gasteiger partial charge in [0, 0.05) is 27.4 Å². The van der Waals surface area contributed by atoms with Crippen LogP contribution in [-0.2, 0) is 9.59 Å². The Balaban J connectivity index is 1.44. The molecular weight excluding hydrogens is 552 g/mol. The van der Waals surface area contributed by atoms with Crippen LogP contribution in [0.5, 0.6) is 5.75 Å². The molecule has 0 aromatic heterocycles. The summed E-state index contributed by atoms with van der Waals surface area (Å²) in [4.78, 5) is 50.7. The number of thioether (sulfide) groups is 1. The van der Waals surface area contributed by atoms with Gasteiger partial charge in [-0.3, -0.25) is 19.2 Å². The third-order valence-electron chi connectivity index (χ3n) is 5.85. The molecule has 0 aliphatic carbocycles. The predicted molar refractivity (Wildman–Crippen MR) is 164 cm³/mol. The number of ether oxygens (including phenoxy) is 1. The van der Waals surface area contributed by atoms with E-state index in [-0.39, 0.29) is 17.4 Å². The van der Waals surface area contributed by atoms with Gasteiger partial charge in [-0.1, -0.05) is 36.4 Å². The third kappa shape index (κ3) is 8.57. The van der Waals surface area contributed by atoms with Crippen molar-refractivity contribution in [2.24, 2.45) is 5.73 Å². The highest BCUT2D eigenvalue weighted by atomic mass is 32.2. The number of hydrogen-bond acceptors (Lipinski definition) is 6. The van der Waals surface area contributed by atoms with Gasteiger partial charge in [-0.15, -0.1) is 11.8 Å². The van der Waals surface area contributed by atoms with E-state index < -0.39 is 17.7 Å². The molecule has 0 aliphatic rings. The third-order valence-corrected chi connectivity index (χ3v) is 6.84. The summed E-state index contributed by atoms with van der Waals surface area (Å²) in [7, 11) is 1.55. The smallest absolute Gasteiger partial charge is 0.272 e. The number of carbonyl (C=O) groups excluding carboxylic acids is 4. The molecule has 9 nitrogen and oxygen atoms in total. The molecule has 0 fully saturated rings. The van der Waals surface area contributed by atoms with Crippen LogP contribution in [0.2, 0.25) is 0 Å². The number of hydrogen-bond donors (Lipinski definition) is 4. The van der Waals surface area contributed by atoms with Gasteiger partial charge in [0.2, 0.25) is 11.8 Å². The van der Waals surface area contributed by atoms with Gasteiger partial charge in [0.25, 0.3) is 11.8 Å². The highest BCUT2D eigenvalue weighted by Gasteiger charge is 2.16. The van der Waals surface area contributed by atoms with Crippen molar-refractivity contribution < 1.29 is 23.9 Å². The van der Waals surface area contributed by atoms with Crippen molar-refractivity contribution in [1.29, 1.82) is 0 Å². The molecule has 42 heavy (non-hydrogen) atoms. The Labute approximate surface area is 247 Å². The number of anilines is 2. The molecule has 0 aliphatic heterocycles. The van der Waals surface area contributed by atoms with Crippen LogP contribution >= 0.6 is 11.8 Å².